The number of pyridine rings is 1. The number of halogens is 3. The van der Waals surface area contributed by atoms with Crippen molar-refractivity contribution in [2.45, 2.75) is 12.8 Å². The number of aromatic nitrogens is 1. The van der Waals surface area contributed by atoms with E-state index >= 15 is 0 Å². The second kappa shape index (κ2) is 6.33. The van der Waals surface area contributed by atoms with Crippen LogP contribution in [0.4, 0.5) is 10.1 Å². The number of nitrogens with zero attached hydrogens (tertiary/aromatic N) is 1. The lowest BCUT2D eigenvalue weighted by molar-refractivity contribution is 0.102. The van der Waals surface area contributed by atoms with Crippen molar-refractivity contribution in [3.05, 3.63) is 57.6 Å². The van der Waals surface area contributed by atoms with Crippen LogP contribution < -0.4 is 5.32 Å². The van der Waals surface area contributed by atoms with Crippen molar-refractivity contribution in [2.75, 3.05) is 5.32 Å². The zero-order chi connectivity index (χ0) is 14.7. The number of nitrogens with one attached hydrogen (secondary N) is 1. The van der Waals surface area contributed by atoms with Gasteiger partial charge >= 0.3 is 0 Å². The van der Waals surface area contributed by atoms with Gasteiger partial charge in [-0.2, -0.15) is 0 Å². The third-order valence-electron chi connectivity index (χ3n) is 2.77. The Bertz CT molecular complexity index is 646. The Morgan fingerprint density at radius 1 is 1.45 bits per heavy atom. The van der Waals surface area contributed by atoms with Crippen LogP contribution in [0.1, 0.15) is 21.6 Å². The van der Waals surface area contributed by atoms with Crippen LogP contribution in [0.2, 0.25) is 0 Å². The lowest BCUT2D eigenvalue weighted by Crippen LogP contribution is -2.14. The Morgan fingerprint density at radius 3 is 2.80 bits per heavy atom. The Hall–Kier alpha value is -1.46. The summed E-state index contributed by atoms with van der Waals surface area (Å²) >= 11 is 8.90. The molecule has 0 atom stereocenters. The number of carbonyl (C=O) groups excluding carboxylic acids is 1. The molecule has 0 saturated heterocycles. The zero-order valence-corrected chi connectivity index (χ0v) is 12.9. The lowest BCUT2D eigenvalue weighted by Gasteiger charge is -2.10. The molecule has 1 aromatic heterocycles. The molecule has 0 radical (unpaired) electrons. The fourth-order valence-electron chi connectivity index (χ4n) is 1.60. The molecule has 20 heavy (non-hydrogen) atoms. The fourth-order valence-corrected chi connectivity index (χ4v) is 2.19. The molecular formula is C14H11BrClFN2O. The van der Waals surface area contributed by atoms with Crippen LogP contribution in [0.5, 0.6) is 0 Å². The van der Waals surface area contributed by atoms with E-state index in [9.17, 15) is 9.18 Å². The predicted octanol–water partition coefficient (Wildman–Crippen LogP) is 4.28. The number of carbonyl (C=O) groups is 1. The maximum absolute atomic E-state index is 13.3. The van der Waals surface area contributed by atoms with Crippen LogP contribution >= 0.6 is 27.5 Å². The van der Waals surface area contributed by atoms with E-state index < -0.39 is 11.7 Å². The van der Waals surface area contributed by atoms with Crippen molar-refractivity contribution in [1.29, 1.82) is 0 Å². The smallest absolute Gasteiger partial charge is 0.274 e. The molecule has 3 nitrogen and oxygen atoms in total. The molecule has 2 rings (SSSR count). The highest BCUT2D eigenvalue weighted by molar-refractivity contribution is 9.10. The van der Waals surface area contributed by atoms with E-state index in [-0.39, 0.29) is 5.69 Å². The first kappa shape index (κ1) is 14.9. The molecule has 0 aliphatic carbocycles. The third-order valence-corrected chi connectivity index (χ3v) is 3.90. The van der Waals surface area contributed by atoms with Crippen molar-refractivity contribution < 1.29 is 9.18 Å². The summed E-state index contributed by atoms with van der Waals surface area (Å²) in [7, 11) is 0. The summed E-state index contributed by atoms with van der Waals surface area (Å²) in [4.78, 5) is 16.1. The average molecular weight is 358 g/mol. The molecule has 104 valence electrons. The van der Waals surface area contributed by atoms with Crippen LogP contribution in [0.3, 0.4) is 0 Å². The molecule has 0 spiro atoms. The van der Waals surface area contributed by atoms with Gasteiger partial charge in [-0.05, 0) is 36.2 Å². The van der Waals surface area contributed by atoms with Gasteiger partial charge in [0, 0.05) is 22.2 Å². The number of rotatable bonds is 3. The second-order valence-electron chi connectivity index (χ2n) is 4.20. The minimum absolute atomic E-state index is 0.249. The van der Waals surface area contributed by atoms with E-state index in [1.165, 1.54) is 18.3 Å². The van der Waals surface area contributed by atoms with Gasteiger partial charge in [-0.25, -0.2) is 4.39 Å². The summed E-state index contributed by atoms with van der Waals surface area (Å²) in [5.41, 5.74) is 2.23. The van der Waals surface area contributed by atoms with Crippen molar-refractivity contribution >= 4 is 39.1 Å². The van der Waals surface area contributed by atoms with Gasteiger partial charge in [0.15, 0.2) is 0 Å². The van der Waals surface area contributed by atoms with Gasteiger partial charge in [0.2, 0.25) is 0 Å². The van der Waals surface area contributed by atoms with Gasteiger partial charge in [-0.15, -0.1) is 11.6 Å². The highest BCUT2D eigenvalue weighted by Gasteiger charge is 2.11. The number of amides is 1. The Balaban J connectivity index is 2.23. The molecule has 1 amide bonds. The molecule has 0 aliphatic heterocycles. The number of hydrogen-bond donors (Lipinski definition) is 1. The minimum atomic E-state index is -0.428. The minimum Gasteiger partial charge on any atom is -0.320 e. The van der Waals surface area contributed by atoms with Gasteiger partial charge in [-0.1, -0.05) is 22.0 Å². The van der Waals surface area contributed by atoms with E-state index in [1.807, 2.05) is 0 Å². The average Bonchev–Trinajstić information content (AvgIpc) is 2.44. The molecule has 1 heterocycles. The largest absolute Gasteiger partial charge is 0.320 e. The molecule has 0 saturated carbocycles. The van der Waals surface area contributed by atoms with E-state index in [4.69, 9.17) is 11.6 Å². The maximum atomic E-state index is 13.3. The van der Waals surface area contributed by atoms with Gasteiger partial charge in [0.25, 0.3) is 5.91 Å². The molecule has 1 N–H and O–H groups in total. The maximum Gasteiger partial charge on any atom is 0.274 e. The number of anilines is 1. The highest BCUT2D eigenvalue weighted by atomic mass is 79.9. The molecule has 2 aromatic rings. The standard InChI is InChI=1S/C14H11BrClFN2O/c1-8-11(15)4-10(17)5-13(8)19-14(20)12-3-2-9(6-16)7-18-12/h2-5,7H,6H2,1H3,(H,19,20). The first-order valence-corrected chi connectivity index (χ1v) is 7.12. The number of benzene rings is 1. The highest BCUT2D eigenvalue weighted by Crippen LogP contribution is 2.25. The molecular weight excluding hydrogens is 347 g/mol. The van der Waals surface area contributed by atoms with Crippen LogP contribution in [-0.2, 0) is 5.88 Å². The van der Waals surface area contributed by atoms with Gasteiger partial charge in [-0.3, -0.25) is 9.78 Å². The van der Waals surface area contributed by atoms with E-state index in [0.717, 1.165) is 11.1 Å². The molecule has 0 aliphatic rings. The monoisotopic (exact) mass is 356 g/mol. The summed E-state index contributed by atoms with van der Waals surface area (Å²) in [5.74, 6) is -0.486. The van der Waals surface area contributed by atoms with Crippen LogP contribution in [0.15, 0.2) is 34.9 Å². The summed E-state index contributed by atoms with van der Waals surface area (Å²) in [6.45, 7) is 1.78. The van der Waals surface area contributed by atoms with E-state index in [0.29, 0.717) is 16.0 Å². The third kappa shape index (κ3) is 3.35. The lowest BCUT2D eigenvalue weighted by atomic mass is 10.2. The van der Waals surface area contributed by atoms with Gasteiger partial charge in [0.1, 0.15) is 11.5 Å². The van der Waals surface area contributed by atoms with Crippen LogP contribution in [-0.4, -0.2) is 10.9 Å². The Morgan fingerprint density at radius 2 is 2.20 bits per heavy atom. The van der Waals surface area contributed by atoms with Crippen LogP contribution in [0, 0.1) is 12.7 Å². The predicted molar refractivity (Wildman–Crippen MR) is 80.6 cm³/mol. The second-order valence-corrected chi connectivity index (χ2v) is 5.32. The fraction of sp³-hybridized carbons (Fsp3) is 0.143. The SMILES string of the molecule is Cc1c(Br)cc(F)cc1NC(=O)c1ccc(CCl)cn1. The Kier molecular flexibility index (Phi) is 4.73. The van der Waals surface area contributed by atoms with Gasteiger partial charge < -0.3 is 5.32 Å². The summed E-state index contributed by atoms with van der Waals surface area (Å²) in [5, 5.41) is 2.64. The number of hydrogen-bond acceptors (Lipinski definition) is 2. The van der Waals surface area contributed by atoms with Gasteiger partial charge in [0.05, 0.1) is 0 Å². The number of alkyl halides is 1. The summed E-state index contributed by atoms with van der Waals surface area (Å²) in [6.07, 6.45) is 1.54. The molecule has 1 aromatic carbocycles. The zero-order valence-electron chi connectivity index (χ0n) is 10.6. The molecule has 0 fully saturated rings. The molecule has 0 unspecified atom stereocenters. The van der Waals surface area contributed by atoms with Crippen molar-refractivity contribution in [3.8, 4) is 0 Å². The summed E-state index contributed by atoms with van der Waals surface area (Å²) in [6, 6.07) is 5.92. The topological polar surface area (TPSA) is 42.0 Å². The Labute approximate surface area is 129 Å². The molecule has 0 bridgehead atoms. The van der Waals surface area contributed by atoms with Crippen molar-refractivity contribution in [3.63, 3.8) is 0 Å². The van der Waals surface area contributed by atoms with Crippen LogP contribution in [0.25, 0.3) is 0 Å². The summed E-state index contributed by atoms with van der Waals surface area (Å²) < 4.78 is 13.9. The van der Waals surface area contributed by atoms with Crippen molar-refractivity contribution in [1.82, 2.24) is 4.98 Å². The molecule has 6 heteroatoms. The normalized spacial score (nSPS) is 10.4. The van der Waals surface area contributed by atoms with E-state index in [1.54, 1.807) is 19.1 Å². The quantitative estimate of drug-likeness (QED) is 0.833. The van der Waals surface area contributed by atoms with Crippen molar-refractivity contribution in [2.24, 2.45) is 0 Å². The first-order valence-electron chi connectivity index (χ1n) is 5.79. The van der Waals surface area contributed by atoms with E-state index in [2.05, 4.69) is 26.2 Å². The first-order chi connectivity index (χ1) is 9.51.